The minimum atomic E-state index is -0.217. The molecule has 4 aromatic rings. The van der Waals surface area contributed by atoms with Crippen molar-refractivity contribution in [2.24, 2.45) is 5.10 Å². The fourth-order valence-electron chi connectivity index (χ4n) is 4.46. The number of ether oxygens (including phenoxy) is 1. The number of nitrogens with zero attached hydrogens (tertiary/aromatic N) is 4. The average Bonchev–Trinajstić information content (AvgIpc) is 3.35. The molecule has 0 radical (unpaired) electrons. The van der Waals surface area contributed by atoms with Crippen LogP contribution in [0.4, 0.5) is 0 Å². The van der Waals surface area contributed by atoms with Crippen LogP contribution in [0.1, 0.15) is 29.4 Å². The quantitative estimate of drug-likeness (QED) is 0.434. The van der Waals surface area contributed by atoms with Crippen molar-refractivity contribution in [1.29, 1.82) is 0 Å². The zero-order valence-electron chi connectivity index (χ0n) is 20.2. The van der Waals surface area contributed by atoms with Gasteiger partial charge in [-0.25, -0.2) is 9.99 Å². The number of amides is 1. The van der Waals surface area contributed by atoms with Crippen LogP contribution in [-0.4, -0.2) is 52.2 Å². The van der Waals surface area contributed by atoms with Crippen molar-refractivity contribution < 1.29 is 9.53 Å². The Labute approximate surface area is 208 Å². The summed E-state index contributed by atoms with van der Waals surface area (Å²) in [5.74, 6) is 1.14. The van der Waals surface area contributed by atoms with Crippen molar-refractivity contribution in [2.75, 3.05) is 20.7 Å². The van der Waals surface area contributed by atoms with Crippen molar-refractivity contribution in [1.82, 2.24) is 19.9 Å². The van der Waals surface area contributed by atoms with Gasteiger partial charge in [0, 0.05) is 6.42 Å². The predicted molar refractivity (Wildman–Crippen MR) is 139 cm³/mol. The molecule has 1 N–H and O–H groups in total. The van der Waals surface area contributed by atoms with E-state index in [1.165, 1.54) is 0 Å². The lowest BCUT2D eigenvalue weighted by Crippen LogP contribution is -2.36. The highest BCUT2D eigenvalue weighted by Gasteiger charge is 2.33. The van der Waals surface area contributed by atoms with Gasteiger partial charge in [-0.15, -0.1) is 0 Å². The van der Waals surface area contributed by atoms with Crippen LogP contribution in [0.3, 0.4) is 0 Å². The zero-order valence-corrected chi connectivity index (χ0v) is 20.2. The maximum absolute atomic E-state index is 13.5. The molecule has 8 nitrogen and oxygen atoms in total. The van der Waals surface area contributed by atoms with Crippen LogP contribution in [0, 0.1) is 0 Å². The van der Waals surface area contributed by atoms with E-state index in [4.69, 9.17) is 9.84 Å². The molecule has 8 heteroatoms. The summed E-state index contributed by atoms with van der Waals surface area (Å²) in [6.45, 7) is 0.441. The summed E-state index contributed by atoms with van der Waals surface area (Å²) in [6.07, 6.45) is 0.616. The third-order valence-electron chi connectivity index (χ3n) is 6.26. The van der Waals surface area contributed by atoms with Crippen molar-refractivity contribution in [3.8, 4) is 5.75 Å². The molecule has 5 rings (SSSR count). The van der Waals surface area contributed by atoms with Crippen LogP contribution in [0.15, 0.2) is 88.8 Å². The van der Waals surface area contributed by atoms with E-state index in [2.05, 4.69) is 9.97 Å². The van der Waals surface area contributed by atoms with Crippen molar-refractivity contribution >= 4 is 22.5 Å². The van der Waals surface area contributed by atoms with Gasteiger partial charge >= 0.3 is 0 Å². The highest BCUT2D eigenvalue weighted by molar-refractivity contribution is 6.03. The molecule has 0 unspecified atom stereocenters. The summed E-state index contributed by atoms with van der Waals surface area (Å²) < 4.78 is 5.29. The minimum absolute atomic E-state index is 0.120. The highest BCUT2D eigenvalue weighted by atomic mass is 16.5. The van der Waals surface area contributed by atoms with Crippen LogP contribution < -0.4 is 10.3 Å². The minimum Gasteiger partial charge on any atom is -0.497 e. The molecular weight excluding hydrogens is 454 g/mol. The van der Waals surface area contributed by atoms with Gasteiger partial charge in [0.1, 0.15) is 11.6 Å². The van der Waals surface area contributed by atoms with Crippen LogP contribution in [0.5, 0.6) is 5.75 Å². The summed E-state index contributed by atoms with van der Waals surface area (Å²) >= 11 is 0. The number of aromatic nitrogens is 2. The normalized spacial score (nSPS) is 15.4. The number of carbonyl (C=O) groups is 1. The van der Waals surface area contributed by atoms with Crippen molar-refractivity contribution in [3.63, 3.8) is 0 Å². The van der Waals surface area contributed by atoms with E-state index in [9.17, 15) is 9.59 Å². The Morgan fingerprint density at radius 3 is 2.53 bits per heavy atom. The largest absolute Gasteiger partial charge is 0.497 e. The number of likely N-dealkylation sites (N-methyl/N-ethyl adjacent to an activating group) is 1. The highest BCUT2D eigenvalue weighted by Crippen LogP contribution is 2.33. The van der Waals surface area contributed by atoms with Crippen molar-refractivity contribution in [2.45, 2.75) is 19.0 Å². The van der Waals surface area contributed by atoms with Gasteiger partial charge < -0.3 is 9.72 Å². The molecule has 0 spiro atoms. The lowest BCUT2D eigenvalue weighted by Gasteiger charge is -2.24. The Balaban J connectivity index is 1.36. The number of hydrogen-bond donors (Lipinski definition) is 1. The monoisotopic (exact) mass is 481 g/mol. The molecule has 1 atom stereocenters. The molecular formula is C28H27N5O3. The number of para-hydroxylation sites is 1. The second-order valence-electron chi connectivity index (χ2n) is 8.85. The molecule has 1 aromatic heterocycles. The third-order valence-corrected chi connectivity index (χ3v) is 6.26. The Bertz CT molecular complexity index is 1460. The first-order valence-corrected chi connectivity index (χ1v) is 11.8. The SMILES string of the molecule is COc1ccc([C@@H]2CC(c3ccccc3)=NN2C(=O)CN(C)Cc2nc3ccccc3c(=O)[nH]2)cc1. The number of hydrazone groups is 1. The Kier molecular flexibility index (Phi) is 6.60. The average molecular weight is 482 g/mol. The fraction of sp³-hybridized carbons (Fsp3) is 0.214. The van der Waals surface area contributed by atoms with Gasteiger partial charge in [0.05, 0.1) is 42.9 Å². The molecule has 0 saturated carbocycles. The second-order valence-corrected chi connectivity index (χ2v) is 8.85. The maximum atomic E-state index is 13.5. The summed E-state index contributed by atoms with van der Waals surface area (Å²) in [5.41, 5.74) is 3.30. The second kappa shape index (κ2) is 10.1. The van der Waals surface area contributed by atoms with Gasteiger partial charge in [0.15, 0.2) is 0 Å². The Hall–Kier alpha value is -4.30. The number of nitrogens with one attached hydrogen (secondary N) is 1. The van der Waals surface area contributed by atoms with E-state index in [0.717, 1.165) is 22.6 Å². The number of aromatic amines is 1. The maximum Gasteiger partial charge on any atom is 0.258 e. The summed E-state index contributed by atoms with van der Waals surface area (Å²) in [5, 5.41) is 6.87. The smallest absolute Gasteiger partial charge is 0.258 e. The number of hydrogen-bond acceptors (Lipinski definition) is 6. The molecule has 36 heavy (non-hydrogen) atoms. The first-order chi connectivity index (χ1) is 17.5. The molecule has 0 aliphatic carbocycles. The van der Waals surface area contributed by atoms with Gasteiger partial charge in [-0.1, -0.05) is 54.6 Å². The van der Waals surface area contributed by atoms with Crippen LogP contribution >= 0.6 is 0 Å². The van der Waals surface area contributed by atoms with E-state index in [-0.39, 0.29) is 24.1 Å². The Morgan fingerprint density at radius 2 is 1.78 bits per heavy atom. The lowest BCUT2D eigenvalue weighted by atomic mass is 9.98. The molecule has 1 aliphatic rings. The van der Waals surface area contributed by atoms with Crippen molar-refractivity contribution in [3.05, 3.63) is 106 Å². The fourth-order valence-corrected chi connectivity index (χ4v) is 4.46. The summed E-state index contributed by atoms with van der Waals surface area (Å²) in [4.78, 5) is 35.1. The third kappa shape index (κ3) is 4.89. The molecule has 0 fully saturated rings. The molecule has 182 valence electrons. The number of methoxy groups -OCH3 is 1. The molecule has 0 bridgehead atoms. The molecule has 2 heterocycles. The van der Waals surface area contributed by atoms with Gasteiger partial charge in [-0.3, -0.25) is 14.5 Å². The molecule has 0 saturated heterocycles. The molecule has 1 amide bonds. The molecule has 3 aromatic carbocycles. The zero-order chi connectivity index (χ0) is 25.1. The van der Waals surface area contributed by atoms with Gasteiger partial charge in [0.25, 0.3) is 11.5 Å². The first kappa shape index (κ1) is 23.4. The van der Waals surface area contributed by atoms with Crippen LogP contribution in [0.2, 0.25) is 0 Å². The number of fused-ring (bicyclic) bond motifs is 1. The van der Waals surface area contributed by atoms with Gasteiger partial charge in [0.2, 0.25) is 0 Å². The Morgan fingerprint density at radius 1 is 1.06 bits per heavy atom. The summed E-state index contributed by atoms with van der Waals surface area (Å²) in [7, 11) is 3.46. The van der Waals surface area contributed by atoms with Gasteiger partial charge in [-0.05, 0) is 42.4 Å². The van der Waals surface area contributed by atoms with Crippen LogP contribution in [0.25, 0.3) is 10.9 Å². The number of carbonyl (C=O) groups excluding carboxylic acids is 1. The molecule has 1 aliphatic heterocycles. The van der Waals surface area contributed by atoms with E-state index in [1.54, 1.807) is 18.2 Å². The van der Waals surface area contributed by atoms with E-state index in [0.29, 0.717) is 29.7 Å². The van der Waals surface area contributed by atoms with Gasteiger partial charge in [-0.2, -0.15) is 5.10 Å². The number of benzene rings is 3. The number of H-pyrrole nitrogens is 1. The lowest BCUT2D eigenvalue weighted by molar-refractivity contribution is -0.134. The van der Waals surface area contributed by atoms with E-state index >= 15 is 0 Å². The summed E-state index contributed by atoms with van der Waals surface area (Å²) in [6, 6.07) is 24.6. The predicted octanol–water partition coefficient (Wildman–Crippen LogP) is 3.74. The standard InChI is InChI=1S/C28H27N5O3/c1-32(17-26-29-23-11-7-6-10-22(23)28(35)30-26)18-27(34)33-25(20-12-14-21(36-2)15-13-20)16-24(31-33)19-8-4-3-5-9-19/h3-15,25H,16-18H2,1-2H3,(H,29,30,35)/t25-/m0/s1. The first-order valence-electron chi connectivity index (χ1n) is 11.8. The topological polar surface area (TPSA) is 90.9 Å². The number of rotatable bonds is 7. The van der Waals surface area contributed by atoms with Crippen LogP contribution in [-0.2, 0) is 11.3 Å². The van der Waals surface area contributed by atoms with E-state index < -0.39 is 0 Å². The van der Waals surface area contributed by atoms with E-state index in [1.807, 2.05) is 84.7 Å².